The van der Waals surface area contributed by atoms with Gasteiger partial charge in [-0.15, -0.1) is 0 Å². The summed E-state index contributed by atoms with van der Waals surface area (Å²) in [6, 6.07) is 8.70. The van der Waals surface area contributed by atoms with Crippen LogP contribution >= 0.6 is 0 Å². The lowest BCUT2D eigenvalue weighted by Gasteiger charge is -2.22. The second-order valence-electron chi connectivity index (χ2n) is 10.1. The molecule has 0 bridgehead atoms. The third kappa shape index (κ3) is 10.1. The Morgan fingerprint density at radius 3 is 2.31 bits per heavy atom. The van der Waals surface area contributed by atoms with Gasteiger partial charge >= 0.3 is 11.9 Å². The van der Waals surface area contributed by atoms with Crippen LogP contribution in [0.3, 0.4) is 0 Å². The van der Waals surface area contributed by atoms with Crippen LogP contribution in [-0.4, -0.2) is 36.4 Å². The van der Waals surface area contributed by atoms with Crippen LogP contribution in [0.4, 0.5) is 0 Å². The van der Waals surface area contributed by atoms with Gasteiger partial charge in [0.15, 0.2) is 0 Å². The van der Waals surface area contributed by atoms with Gasteiger partial charge in [0.25, 0.3) is 0 Å². The summed E-state index contributed by atoms with van der Waals surface area (Å²) in [6.45, 7) is 12.7. The zero-order chi connectivity index (χ0) is 26.5. The number of carbonyl (C=O) groups excluding carboxylic acids is 2. The summed E-state index contributed by atoms with van der Waals surface area (Å²) in [5.74, 6) is -0.442. The first-order chi connectivity index (χ1) is 17.2. The van der Waals surface area contributed by atoms with Crippen molar-refractivity contribution >= 4 is 17.5 Å². The first kappa shape index (κ1) is 29.6. The Hall–Kier alpha value is -2.66. The number of benzene rings is 1. The number of hydrogen-bond acceptors (Lipinski definition) is 5. The number of hydrogen-bond donors (Lipinski definition) is 1. The lowest BCUT2D eigenvalue weighted by molar-refractivity contribution is -0.144. The molecule has 0 amide bonds. The topological polar surface area (TPSA) is 72.8 Å². The summed E-state index contributed by atoms with van der Waals surface area (Å²) in [6.07, 6.45) is 11.8. The van der Waals surface area contributed by atoms with Crippen molar-refractivity contribution < 1.29 is 24.2 Å². The fourth-order valence-electron chi connectivity index (χ4n) is 4.34. The van der Waals surface area contributed by atoms with Crippen LogP contribution in [-0.2, 0) is 25.5 Å². The minimum absolute atomic E-state index is 0.00701. The van der Waals surface area contributed by atoms with Gasteiger partial charge in [-0.3, -0.25) is 0 Å². The lowest BCUT2D eigenvalue weighted by Crippen LogP contribution is -2.24. The predicted octanol–water partition coefficient (Wildman–Crippen LogP) is 6.60. The molecule has 3 atom stereocenters. The van der Waals surface area contributed by atoms with E-state index in [1.54, 1.807) is 6.92 Å². The summed E-state index contributed by atoms with van der Waals surface area (Å²) < 4.78 is 10.6. The van der Waals surface area contributed by atoms with Crippen molar-refractivity contribution in [3.63, 3.8) is 0 Å². The van der Waals surface area contributed by atoms with E-state index in [1.807, 2.05) is 0 Å². The number of aryl methyl sites for hydroxylation is 1. The molecule has 1 N–H and O–H groups in total. The highest BCUT2D eigenvalue weighted by molar-refractivity contribution is 5.88. The van der Waals surface area contributed by atoms with E-state index in [0.717, 1.165) is 18.8 Å². The van der Waals surface area contributed by atoms with Gasteiger partial charge in [0.1, 0.15) is 0 Å². The molecular formula is C31H44O5. The zero-order valence-electron chi connectivity index (χ0n) is 22.4. The molecule has 0 radical (unpaired) electrons. The molecule has 1 aliphatic rings. The highest BCUT2D eigenvalue weighted by atomic mass is 16.5. The number of rotatable bonds is 15. The van der Waals surface area contributed by atoms with E-state index in [1.165, 1.54) is 62.1 Å². The number of esters is 2. The number of unbranched alkanes of at least 4 members (excludes halogenated alkanes) is 2. The Bertz CT molecular complexity index is 909. The van der Waals surface area contributed by atoms with E-state index in [9.17, 15) is 14.7 Å². The van der Waals surface area contributed by atoms with E-state index in [4.69, 9.17) is 9.47 Å². The van der Waals surface area contributed by atoms with Gasteiger partial charge in [0.2, 0.25) is 0 Å². The van der Waals surface area contributed by atoms with Crippen molar-refractivity contribution in [2.24, 2.45) is 11.8 Å². The van der Waals surface area contributed by atoms with Gasteiger partial charge in [-0.1, -0.05) is 76.1 Å². The summed E-state index contributed by atoms with van der Waals surface area (Å²) >= 11 is 0. The van der Waals surface area contributed by atoms with Crippen molar-refractivity contribution in [2.75, 3.05) is 13.2 Å². The maximum absolute atomic E-state index is 12.1. The van der Waals surface area contributed by atoms with Crippen LogP contribution < -0.4 is 0 Å². The number of ether oxygens (including phenoxy) is 2. The third-order valence-corrected chi connectivity index (χ3v) is 6.92. The molecule has 2 rings (SSSR count). The first-order valence-corrected chi connectivity index (χ1v) is 13.4. The van der Waals surface area contributed by atoms with Crippen LogP contribution in [0.2, 0.25) is 0 Å². The first-order valence-electron chi connectivity index (χ1n) is 13.4. The predicted molar refractivity (Wildman–Crippen MR) is 145 cm³/mol. The average Bonchev–Trinajstić information content (AvgIpc) is 2.88. The van der Waals surface area contributed by atoms with Gasteiger partial charge in [0.05, 0.1) is 24.9 Å². The van der Waals surface area contributed by atoms with E-state index < -0.39 is 18.0 Å². The molecule has 5 nitrogen and oxygen atoms in total. The monoisotopic (exact) mass is 496 g/mol. The summed E-state index contributed by atoms with van der Waals surface area (Å²) in [5, 5.41) is 9.54. The number of allylic oxidation sites excluding steroid dienone is 2. The molecule has 0 fully saturated rings. The second-order valence-corrected chi connectivity index (χ2v) is 10.1. The molecule has 1 aromatic rings. The Morgan fingerprint density at radius 2 is 1.75 bits per heavy atom. The molecule has 0 aliphatic heterocycles. The molecule has 1 aliphatic carbocycles. The minimum atomic E-state index is -0.970. The van der Waals surface area contributed by atoms with Crippen LogP contribution in [0.25, 0.3) is 5.57 Å². The van der Waals surface area contributed by atoms with Gasteiger partial charge in [-0.25, -0.2) is 9.59 Å². The maximum Gasteiger partial charge on any atom is 0.336 e. The Labute approximate surface area is 217 Å². The number of aliphatic hydroxyl groups excluding tert-OH is 1. The van der Waals surface area contributed by atoms with E-state index in [2.05, 4.69) is 50.4 Å². The van der Waals surface area contributed by atoms with E-state index in [0.29, 0.717) is 12.0 Å². The van der Waals surface area contributed by atoms with Crippen LogP contribution in [0.15, 0.2) is 54.6 Å². The average molecular weight is 497 g/mol. The van der Waals surface area contributed by atoms with Crippen molar-refractivity contribution in [3.8, 4) is 0 Å². The summed E-state index contributed by atoms with van der Waals surface area (Å²) in [7, 11) is 0. The second kappa shape index (κ2) is 15.5. The molecule has 0 saturated heterocycles. The van der Waals surface area contributed by atoms with Gasteiger partial charge in [-0.2, -0.15) is 0 Å². The molecule has 5 heteroatoms. The van der Waals surface area contributed by atoms with Crippen molar-refractivity contribution in [1.29, 1.82) is 0 Å². The molecular weight excluding hydrogens is 452 g/mol. The summed E-state index contributed by atoms with van der Waals surface area (Å²) in [5.41, 5.74) is 4.26. The molecule has 36 heavy (non-hydrogen) atoms. The molecule has 1 aromatic carbocycles. The number of aliphatic hydroxyl groups is 1. The SMILES string of the molecule is C=C(C)C(=O)OCC(CCc1ccc(C2=CCC(CCCCC)CC2)cc1)COC(=O)C(=C)C(C)O. The largest absolute Gasteiger partial charge is 0.462 e. The van der Waals surface area contributed by atoms with E-state index in [-0.39, 0.29) is 24.7 Å². The highest BCUT2D eigenvalue weighted by Gasteiger charge is 2.19. The van der Waals surface area contributed by atoms with Crippen LogP contribution in [0.5, 0.6) is 0 Å². The van der Waals surface area contributed by atoms with Crippen molar-refractivity contribution in [2.45, 2.75) is 84.7 Å². The number of carbonyl (C=O) groups is 2. The van der Waals surface area contributed by atoms with Crippen molar-refractivity contribution in [3.05, 3.63) is 65.8 Å². The van der Waals surface area contributed by atoms with Gasteiger partial charge < -0.3 is 14.6 Å². The quantitative estimate of drug-likeness (QED) is 0.168. The van der Waals surface area contributed by atoms with Crippen LogP contribution in [0.1, 0.15) is 83.3 Å². The maximum atomic E-state index is 12.1. The van der Waals surface area contributed by atoms with E-state index >= 15 is 0 Å². The lowest BCUT2D eigenvalue weighted by atomic mass is 9.83. The molecule has 0 spiro atoms. The highest BCUT2D eigenvalue weighted by Crippen LogP contribution is 2.33. The minimum Gasteiger partial charge on any atom is -0.462 e. The third-order valence-electron chi connectivity index (χ3n) is 6.92. The van der Waals surface area contributed by atoms with Crippen molar-refractivity contribution in [1.82, 2.24) is 0 Å². The smallest absolute Gasteiger partial charge is 0.336 e. The Kier molecular flexibility index (Phi) is 12.7. The van der Waals surface area contributed by atoms with Gasteiger partial charge in [0, 0.05) is 11.5 Å². The summed E-state index contributed by atoms with van der Waals surface area (Å²) in [4.78, 5) is 23.9. The normalized spacial score (nSPS) is 17.0. The Morgan fingerprint density at radius 1 is 1.08 bits per heavy atom. The zero-order valence-corrected chi connectivity index (χ0v) is 22.4. The molecule has 3 unspecified atom stereocenters. The fraction of sp³-hybridized carbons (Fsp3) is 0.548. The molecule has 0 heterocycles. The fourth-order valence-corrected chi connectivity index (χ4v) is 4.34. The van der Waals surface area contributed by atoms with Crippen LogP contribution in [0, 0.1) is 11.8 Å². The Balaban J connectivity index is 1.91. The standard InChI is InChI=1S/C31H44O5/c1-6-7-8-9-25-12-16-28(17-13-25)29-18-14-26(15-19-29)10-11-27(20-35-30(33)22(2)3)21-36-31(34)23(4)24(5)32/h14-16,18-19,24-25,27,32H,2,4,6-13,17,20-21H2,1,3,5H3. The molecule has 0 aromatic heterocycles. The van der Waals surface area contributed by atoms with Gasteiger partial charge in [-0.05, 0) is 68.6 Å². The molecule has 0 saturated carbocycles. The molecule has 198 valence electrons.